The maximum atomic E-state index is 13.5. The Morgan fingerprint density at radius 1 is 0.972 bits per heavy atom. The number of carbonyl (C=O) groups is 1. The van der Waals surface area contributed by atoms with E-state index in [0.717, 1.165) is 18.6 Å². The molecule has 5 nitrogen and oxygen atoms in total. The van der Waals surface area contributed by atoms with Gasteiger partial charge >= 0.3 is 6.61 Å². The van der Waals surface area contributed by atoms with Crippen LogP contribution in [-0.4, -0.2) is 35.7 Å². The number of nitrogens with zero attached hydrogens (tertiary/aromatic N) is 2. The molecule has 4 rings (SSSR count). The molecule has 0 saturated carbocycles. The van der Waals surface area contributed by atoms with E-state index in [4.69, 9.17) is 9.73 Å². The Kier molecular flexibility index (Phi) is 8.38. The lowest BCUT2D eigenvalue weighted by Crippen LogP contribution is -2.37. The van der Waals surface area contributed by atoms with Crippen LogP contribution in [0, 0.1) is 0 Å². The van der Waals surface area contributed by atoms with Crippen LogP contribution in [-0.2, 0) is 11.2 Å². The Labute approximate surface area is 213 Å². The summed E-state index contributed by atoms with van der Waals surface area (Å²) in [5, 5.41) is 0.592. The Morgan fingerprint density at radius 3 is 2.28 bits per heavy atom. The first-order chi connectivity index (χ1) is 17.4. The zero-order valence-corrected chi connectivity index (χ0v) is 20.8. The minimum atomic E-state index is -2.89. The van der Waals surface area contributed by atoms with Crippen molar-refractivity contribution in [2.24, 2.45) is 4.99 Å². The molecule has 1 saturated heterocycles. The van der Waals surface area contributed by atoms with Crippen LogP contribution in [0.15, 0.2) is 88.8 Å². The molecule has 0 radical (unpaired) electrons. The molecule has 0 N–H and O–H groups in total. The number of ether oxygens (including phenoxy) is 2. The number of methoxy groups -OCH3 is 1. The molecule has 1 heterocycles. The molecule has 0 spiro atoms. The molecule has 1 atom stereocenters. The SMILES string of the molecule is COc1ccc(N=C2SC(=Cc3ccc(OC(F)F)cc3)C(=O)N2C(C)CCc2ccccc2)cc1. The van der Waals surface area contributed by atoms with Crippen molar-refractivity contribution >= 4 is 34.6 Å². The Hall–Kier alpha value is -3.65. The summed E-state index contributed by atoms with van der Waals surface area (Å²) in [4.78, 5) is 20.5. The van der Waals surface area contributed by atoms with E-state index in [2.05, 4.69) is 16.9 Å². The fourth-order valence-corrected chi connectivity index (χ4v) is 4.86. The second kappa shape index (κ2) is 11.9. The molecule has 1 amide bonds. The third kappa shape index (κ3) is 6.51. The lowest BCUT2D eigenvalue weighted by molar-refractivity contribution is -0.123. The van der Waals surface area contributed by atoms with Gasteiger partial charge in [0.05, 0.1) is 17.7 Å². The van der Waals surface area contributed by atoms with Crippen LogP contribution < -0.4 is 9.47 Å². The molecular formula is C28H26F2N2O3S. The molecule has 1 unspecified atom stereocenters. The topological polar surface area (TPSA) is 51.1 Å². The number of amidine groups is 1. The van der Waals surface area contributed by atoms with Crippen LogP contribution >= 0.6 is 11.8 Å². The van der Waals surface area contributed by atoms with Gasteiger partial charge in [0, 0.05) is 6.04 Å². The molecule has 1 aliphatic heterocycles. The average Bonchev–Trinajstić information content (AvgIpc) is 3.18. The summed E-state index contributed by atoms with van der Waals surface area (Å²) in [6.45, 7) is -0.867. The van der Waals surface area contributed by atoms with Crippen molar-refractivity contribution in [3.05, 3.63) is 94.9 Å². The summed E-state index contributed by atoms with van der Waals surface area (Å²) in [5.74, 6) is 0.651. The number of rotatable bonds is 9. The molecule has 0 aliphatic carbocycles. The Morgan fingerprint density at radius 2 is 1.64 bits per heavy atom. The van der Waals surface area contributed by atoms with Crippen molar-refractivity contribution in [3.63, 3.8) is 0 Å². The highest BCUT2D eigenvalue weighted by molar-refractivity contribution is 8.18. The molecule has 3 aromatic carbocycles. The van der Waals surface area contributed by atoms with E-state index in [1.165, 1.54) is 29.5 Å². The van der Waals surface area contributed by atoms with Crippen molar-refractivity contribution in [1.29, 1.82) is 0 Å². The summed E-state index contributed by atoms with van der Waals surface area (Å²) in [6, 6.07) is 23.6. The number of halogens is 2. The van der Waals surface area contributed by atoms with Crippen molar-refractivity contribution < 1.29 is 23.0 Å². The first-order valence-electron chi connectivity index (χ1n) is 11.5. The lowest BCUT2D eigenvalue weighted by Gasteiger charge is -2.24. The highest BCUT2D eigenvalue weighted by atomic mass is 32.2. The Balaban J connectivity index is 1.59. The average molecular weight is 509 g/mol. The van der Waals surface area contributed by atoms with Gasteiger partial charge in [-0.05, 0) is 85.1 Å². The standard InChI is InChI=1S/C28H26F2N2O3S/c1-19(8-9-20-6-4-3-5-7-20)32-26(33)25(18-21-10-14-24(15-11-21)35-27(29)30)36-28(32)31-22-12-16-23(34-2)17-13-22/h3-7,10-19,27H,8-9H2,1-2H3. The first-order valence-corrected chi connectivity index (χ1v) is 12.3. The molecule has 36 heavy (non-hydrogen) atoms. The van der Waals surface area contributed by atoms with Crippen molar-refractivity contribution in [3.8, 4) is 11.5 Å². The van der Waals surface area contributed by atoms with E-state index >= 15 is 0 Å². The number of hydrogen-bond donors (Lipinski definition) is 0. The van der Waals surface area contributed by atoms with Crippen molar-refractivity contribution in [2.45, 2.75) is 32.4 Å². The second-order valence-corrected chi connectivity index (χ2v) is 9.21. The number of amides is 1. The van der Waals surface area contributed by atoms with Gasteiger partial charge in [-0.2, -0.15) is 8.78 Å². The predicted octanol–water partition coefficient (Wildman–Crippen LogP) is 6.92. The van der Waals surface area contributed by atoms with Gasteiger partial charge in [-0.25, -0.2) is 4.99 Å². The molecular weight excluding hydrogens is 482 g/mol. The highest BCUT2D eigenvalue weighted by Crippen LogP contribution is 2.36. The fraction of sp³-hybridized carbons (Fsp3) is 0.214. The molecule has 0 aromatic heterocycles. The maximum absolute atomic E-state index is 13.5. The normalized spacial score (nSPS) is 16.7. The maximum Gasteiger partial charge on any atom is 0.387 e. The molecule has 186 valence electrons. The summed E-state index contributed by atoms with van der Waals surface area (Å²) >= 11 is 1.30. The number of thioether (sulfide) groups is 1. The van der Waals surface area contributed by atoms with Gasteiger partial charge in [-0.3, -0.25) is 9.69 Å². The minimum absolute atomic E-state index is 0.0652. The van der Waals surface area contributed by atoms with Crippen molar-refractivity contribution in [2.75, 3.05) is 7.11 Å². The number of hydrogen-bond acceptors (Lipinski definition) is 5. The van der Waals surface area contributed by atoms with E-state index in [1.807, 2.05) is 49.4 Å². The zero-order valence-electron chi connectivity index (χ0n) is 19.9. The summed E-state index contributed by atoms with van der Waals surface area (Å²) in [7, 11) is 1.60. The molecule has 0 bridgehead atoms. The van der Waals surface area contributed by atoms with Gasteiger partial charge in [-0.1, -0.05) is 42.5 Å². The van der Waals surface area contributed by atoms with Crippen molar-refractivity contribution in [1.82, 2.24) is 4.90 Å². The number of alkyl halides is 2. The monoisotopic (exact) mass is 508 g/mol. The van der Waals surface area contributed by atoms with Gasteiger partial charge in [0.15, 0.2) is 5.17 Å². The third-order valence-electron chi connectivity index (χ3n) is 5.67. The minimum Gasteiger partial charge on any atom is -0.497 e. The second-order valence-electron chi connectivity index (χ2n) is 8.20. The van der Waals surface area contributed by atoms with Gasteiger partial charge in [0.2, 0.25) is 0 Å². The van der Waals surface area contributed by atoms with Crippen LogP contribution in [0.3, 0.4) is 0 Å². The number of benzene rings is 3. The zero-order chi connectivity index (χ0) is 25.5. The predicted molar refractivity (Wildman–Crippen MR) is 140 cm³/mol. The van der Waals surface area contributed by atoms with Gasteiger partial charge in [-0.15, -0.1) is 0 Å². The summed E-state index contributed by atoms with van der Waals surface area (Å²) in [5.41, 5.74) is 2.62. The molecule has 1 fully saturated rings. The molecule has 3 aromatic rings. The summed E-state index contributed by atoms with van der Waals surface area (Å²) < 4.78 is 34.5. The smallest absolute Gasteiger partial charge is 0.387 e. The van der Waals surface area contributed by atoms with E-state index in [1.54, 1.807) is 30.2 Å². The number of aliphatic imine (C=N–C) groups is 1. The largest absolute Gasteiger partial charge is 0.497 e. The van der Waals surface area contributed by atoms with Gasteiger partial charge < -0.3 is 9.47 Å². The van der Waals surface area contributed by atoms with Crippen LogP contribution in [0.2, 0.25) is 0 Å². The van der Waals surface area contributed by atoms with Gasteiger partial charge in [0.25, 0.3) is 5.91 Å². The highest BCUT2D eigenvalue weighted by Gasteiger charge is 2.36. The van der Waals surface area contributed by atoms with E-state index < -0.39 is 6.61 Å². The fourth-order valence-electron chi connectivity index (χ4n) is 3.77. The van der Waals surface area contributed by atoms with Crippen LogP contribution in [0.1, 0.15) is 24.5 Å². The third-order valence-corrected chi connectivity index (χ3v) is 6.65. The van der Waals surface area contributed by atoms with Crippen LogP contribution in [0.4, 0.5) is 14.5 Å². The molecule has 1 aliphatic rings. The van der Waals surface area contributed by atoms with E-state index in [9.17, 15) is 13.6 Å². The quantitative estimate of drug-likeness (QED) is 0.294. The number of carbonyl (C=O) groups excluding carboxylic acids is 1. The van der Waals surface area contributed by atoms with Crippen LogP contribution in [0.5, 0.6) is 11.5 Å². The number of aryl methyl sites for hydroxylation is 1. The summed E-state index contributed by atoms with van der Waals surface area (Å²) in [6.07, 6.45) is 3.34. The van der Waals surface area contributed by atoms with Crippen LogP contribution in [0.25, 0.3) is 6.08 Å². The van der Waals surface area contributed by atoms with Gasteiger partial charge in [0.1, 0.15) is 11.5 Å². The first kappa shape index (κ1) is 25.4. The van der Waals surface area contributed by atoms with E-state index in [0.29, 0.717) is 21.3 Å². The van der Waals surface area contributed by atoms with E-state index in [-0.39, 0.29) is 17.7 Å². The molecule has 8 heteroatoms. The Bertz CT molecular complexity index is 1230. The lowest BCUT2D eigenvalue weighted by atomic mass is 10.1.